The van der Waals surface area contributed by atoms with E-state index < -0.39 is 0 Å². The number of fused-ring (bicyclic) bond motifs is 12. The molecule has 0 saturated heterocycles. The average Bonchev–Trinajstić information content (AvgIpc) is 4.26. The zero-order valence-electron chi connectivity index (χ0n) is 40.8. The summed E-state index contributed by atoms with van der Waals surface area (Å²) in [5.74, 6) is 0. The van der Waals surface area contributed by atoms with Crippen LogP contribution in [0.3, 0.4) is 0 Å². The fourth-order valence-electron chi connectivity index (χ4n) is 12.0. The van der Waals surface area contributed by atoms with Crippen molar-refractivity contribution in [3.63, 3.8) is 0 Å². The fourth-order valence-corrected chi connectivity index (χ4v) is 12.0. The Hall–Kier alpha value is -10.4. The standard InChI is InChI=1S/C69H42N6O/c1-2-15-51(46-12-10-34-70-41-46)50(14-1)43-24-29-64-55(36-43)52-16-3-6-21-62(52)73(64)47-27-31-66-57(39-47)58-40-48(28-32-67(58)75(66)49-13-11-35-71-42-49)74-63-22-7-4-17-53(63)56-37-44(25-30-65(56)74)60-19-9-20-61(72-60)45-26-33-69-59(38-45)54-18-5-8-23-68(54)76-69/h1-42H. The number of nitrogens with zero attached hydrogens (tertiary/aromatic N) is 6. The monoisotopic (exact) mass is 970 g/mol. The number of para-hydroxylation sites is 3. The number of benzene rings is 9. The first kappa shape index (κ1) is 42.2. The van der Waals surface area contributed by atoms with Crippen LogP contribution in [0.4, 0.5) is 0 Å². The molecule has 0 fully saturated rings. The van der Waals surface area contributed by atoms with Gasteiger partial charge in [-0.25, -0.2) is 4.98 Å². The number of rotatable bonds is 7. The summed E-state index contributed by atoms with van der Waals surface area (Å²) in [5.41, 5.74) is 20.3. The van der Waals surface area contributed by atoms with Crippen LogP contribution in [0.5, 0.6) is 0 Å². The van der Waals surface area contributed by atoms with Crippen molar-refractivity contribution < 1.29 is 4.42 Å². The highest BCUT2D eigenvalue weighted by Crippen LogP contribution is 2.42. The normalized spacial score (nSPS) is 11.9. The van der Waals surface area contributed by atoms with E-state index in [4.69, 9.17) is 9.40 Å². The van der Waals surface area contributed by atoms with Gasteiger partial charge in [0.05, 0.1) is 56.4 Å². The number of pyridine rings is 3. The van der Waals surface area contributed by atoms with Gasteiger partial charge in [-0.15, -0.1) is 0 Å². The second kappa shape index (κ2) is 16.6. The predicted octanol–water partition coefficient (Wildman–Crippen LogP) is 17.7. The van der Waals surface area contributed by atoms with E-state index in [1.807, 2.05) is 49.1 Å². The van der Waals surface area contributed by atoms with Crippen molar-refractivity contribution in [1.82, 2.24) is 28.7 Å². The zero-order chi connectivity index (χ0) is 49.8. The second-order valence-corrected chi connectivity index (χ2v) is 19.6. The van der Waals surface area contributed by atoms with Crippen LogP contribution in [0.15, 0.2) is 260 Å². The van der Waals surface area contributed by atoms with Crippen molar-refractivity contribution in [3.8, 4) is 61.8 Å². The van der Waals surface area contributed by atoms with Gasteiger partial charge < -0.3 is 18.1 Å². The average molecular weight is 971 g/mol. The highest BCUT2D eigenvalue weighted by molar-refractivity contribution is 6.15. The third kappa shape index (κ3) is 6.46. The summed E-state index contributed by atoms with van der Waals surface area (Å²) in [6.07, 6.45) is 7.55. The molecule has 76 heavy (non-hydrogen) atoms. The van der Waals surface area contributed by atoms with Gasteiger partial charge in [-0.3, -0.25) is 9.97 Å². The molecule has 0 aliphatic rings. The van der Waals surface area contributed by atoms with Crippen LogP contribution in [0.1, 0.15) is 0 Å². The number of hydrogen-bond acceptors (Lipinski definition) is 4. The van der Waals surface area contributed by atoms with Crippen molar-refractivity contribution in [3.05, 3.63) is 255 Å². The molecule has 0 N–H and O–H groups in total. The molecule has 0 bridgehead atoms. The van der Waals surface area contributed by atoms with E-state index in [0.717, 1.165) is 117 Å². The lowest BCUT2D eigenvalue weighted by atomic mass is 9.94. The third-order valence-electron chi connectivity index (χ3n) is 15.4. The van der Waals surface area contributed by atoms with Gasteiger partial charge in [0.25, 0.3) is 0 Å². The van der Waals surface area contributed by atoms with Gasteiger partial charge in [0.1, 0.15) is 11.2 Å². The van der Waals surface area contributed by atoms with Gasteiger partial charge in [-0.05, 0) is 144 Å². The molecule has 16 aromatic rings. The van der Waals surface area contributed by atoms with Crippen molar-refractivity contribution in [2.45, 2.75) is 0 Å². The summed E-state index contributed by atoms with van der Waals surface area (Å²) in [6.45, 7) is 0. The molecule has 7 heteroatoms. The van der Waals surface area contributed by atoms with Crippen LogP contribution in [0, 0.1) is 0 Å². The lowest BCUT2D eigenvalue weighted by Crippen LogP contribution is -1.96. The van der Waals surface area contributed by atoms with E-state index in [1.54, 1.807) is 0 Å². The number of hydrogen-bond donors (Lipinski definition) is 0. The van der Waals surface area contributed by atoms with Crippen LogP contribution in [-0.4, -0.2) is 28.7 Å². The molecule has 7 heterocycles. The van der Waals surface area contributed by atoms with Crippen LogP contribution in [0.25, 0.3) is 149 Å². The van der Waals surface area contributed by atoms with Gasteiger partial charge in [0.2, 0.25) is 0 Å². The summed E-state index contributed by atoms with van der Waals surface area (Å²) < 4.78 is 13.3. The van der Waals surface area contributed by atoms with Crippen LogP contribution in [0.2, 0.25) is 0 Å². The van der Waals surface area contributed by atoms with Gasteiger partial charge in [-0.1, -0.05) is 103 Å². The maximum Gasteiger partial charge on any atom is 0.135 e. The minimum Gasteiger partial charge on any atom is -0.456 e. The summed E-state index contributed by atoms with van der Waals surface area (Å²) in [4.78, 5) is 14.3. The van der Waals surface area contributed by atoms with E-state index in [1.165, 1.54) is 32.7 Å². The minimum atomic E-state index is 0.875. The van der Waals surface area contributed by atoms with Crippen molar-refractivity contribution in [2.75, 3.05) is 0 Å². The summed E-state index contributed by atoms with van der Waals surface area (Å²) >= 11 is 0. The summed E-state index contributed by atoms with van der Waals surface area (Å²) in [6, 6.07) is 82.8. The molecular weight excluding hydrogens is 929 g/mol. The first-order chi connectivity index (χ1) is 37.7. The molecule has 0 atom stereocenters. The second-order valence-electron chi connectivity index (χ2n) is 19.6. The van der Waals surface area contributed by atoms with E-state index in [2.05, 4.69) is 230 Å². The fraction of sp³-hybridized carbons (Fsp3) is 0. The van der Waals surface area contributed by atoms with Crippen molar-refractivity contribution in [1.29, 1.82) is 0 Å². The van der Waals surface area contributed by atoms with Crippen molar-refractivity contribution in [2.24, 2.45) is 0 Å². The molecule has 0 spiro atoms. The highest BCUT2D eigenvalue weighted by atomic mass is 16.3. The first-order valence-corrected chi connectivity index (χ1v) is 25.6. The van der Waals surface area contributed by atoms with E-state index in [-0.39, 0.29) is 0 Å². The Labute approximate surface area is 435 Å². The van der Waals surface area contributed by atoms with E-state index in [9.17, 15) is 0 Å². The molecule has 0 amide bonds. The van der Waals surface area contributed by atoms with Crippen LogP contribution in [-0.2, 0) is 0 Å². The molecule has 7 aromatic heterocycles. The first-order valence-electron chi connectivity index (χ1n) is 25.6. The molecule has 9 aromatic carbocycles. The van der Waals surface area contributed by atoms with Gasteiger partial charge in [0, 0.05) is 89.7 Å². The predicted molar refractivity (Wildman–Crippen MR) is 312 cm³/mol. The quantitative estimate of drug-likeness (QED) is 0.160. The largest absolute Gasteiger partial charge is 0.456 e. The Balaban J connectivity index is 0.845. The molecule has 0 aliphatic heterocycles. The molecule has 0 radical (unpaired) electrons. The Bertz CT molecular complexity index is 5000. The Morgan fingerprint density at radius 1 is 0.276 bits per heavy atom. The number of furan rings is 1. The molecule has 16 rings (SSSR count). The molecular formula is C69H42N6O. The summed E-state index contributed by atoms with van der Waals surface area (Å²) in [7, 11) is 0. The lowest BCUT2D eigenvalue weighted by molar-refractivity contribution is 0.669. The Morgan fingerprint density at radius 2 is 0.750 bits per heavy atom. The SMILES string of the molecule is c1cncc(-c2ccccc2-c2ccc3c(c2)c2ccccc2n3-c2ccc3c(c2)c2cc(-n4c5ccccc5c5cc(-c6cccc(-c7ccc8oc9ccccc9c8c7)n6)ccc54)ccc2n3-c2cccnc2)c1. The Morgan fingerprint density at radius 3 is 1.38 bits per heavy atom. The molecule has 0 saturated carbocycles. The van der Waals surface area contributed by atoms with E-state index >= 15 is 0 Å². The molecule has 7 nitrogen and oxygen atoms in total. The van der Waals surface area contributed by atoms with Crippen LogP contribution < -0.4 is 0 Å². The van der Waals surface area contributed by atoms with Gasteiger partial charge in [-0.2, -0.15) is 0 Å². The van der Waals surface area contributed by atoms with E-state index in [0.29, 0.717) is 0 Å². The van der Waals surface area contributed by atoms with Crippen LogP contribution >= 0.6 is 0 Å². The lowest BCUT2D eigenvalue weighted by Gasteiger charge is -2.12. The zero-order valence-corrected chi connectivity index (χ0v) is 40.8. The Kier molecular flexibility index (Phi) is 9.20. The van der Waals surface area contributed by atoms with Gasteiger partial charge in [0.15, 0.2) is 0 Å². The molecule has 0 aliphatic carbocycles. The number of aromatic nitrogens is 6. The highest BCUT2D eigenvalue weighted by Gasteiger charge is 2.21. The topological polar surface area (TPSA) is 66.6 Å². The smallest absolute Gasteiger partial charge is 0.135 e. The summed E-state index contributed by atoms with van der Waals surface area (Å²) in [5, 5.41) is 9.26. The molecule has 354 valence electrons. The maximum atomic E-state index is 6.15. The van der Waals surface area contributed by atoms with Crippen molar-refractivity contribution >= 4 is 87.4 Å². The van der Waals surface area contributed by atoms with Gasteiger partial charge >= 0.3 is 0 Å². The maximum absolute atomic E-state index is 6.15. The third-order valence-corrected chi connectivity index (χ3v) is 15.4. The molecule has 0 unspecified atom stereocenters. The minimum absolute atomic E-state index is 0.875.